The minimum atomic E-state index is 0.461. The summed E-state index contributed by atoms with van der Waals surface area (Å²) in [6.07, 6.45) is 0. The molecule has 4 rings (SSSR count). The normalized spacial score (nSPS) is 10.6. The molecule has 0 bridgehead atoms. The summed E-state index contributed by atoms with van der Waals surface area (Å²) < 4.78 is 16.0. The van der Waals surface area contributed by atoms with Crippen LogP contribution in [-0.4, -0.2) is 36.4 Å². The fourth-order valence-corrected chi connectivity index (χ4v) is 3.31. The van der Waals surface area contributed by atoms with Crippen LogP contribution in [0.4, 0.5) is 11.4 Å². The third kappa shape index (κ3) is 4.04. The number of benzene rings is 3. The minimum Gasteiger partial charge on any atom is -0.497 e. The molecule has 1 aromatic heterocycles. The molecule has 3 aromatic carbocycles. The molecule has 0 atom stereocenters. The Kier molecular flexibility index (Phi) is 5.49. The number of rotatable bonds is 5. The highest BCUT2D eigenvalue weighted by molar-refractivity contribution is 7.80. The number of methoxy groups -OCH3 is 3. The molecular weight excluding hydrogens is 400 g/mol. The van der Waals surface area contributed by atoms with E-state index in [0.29, 0.717) is 16.6 Å². The summed E-state index contributed by atoms with van der Waals surface area (Å²) in [5, 5.41) is 6.78. The molecule has 1 heterocycles. The maximum atomic E-state index is 5.43. The molecule has 8 heteroatoms. The van der Waals surface area contributed by atoms with E-state index < -0.39 is 0 Å². The van der Waals surface area contributed by atoms with Crippen molar-refractivity contribution in [3.63, 3.8) is 0 Å². The van der Waals surface area contributed by atoms with E-state index in [0.717, 1.165) is 39.2 Å². The third-order valence-electron chi connectivity index (χ3n) is 4.52. The highest BCUT2D eigenvalue weighted by Gasteiger charge is 2.10. The van der Waals surface area contributed by atoms with Crippen molar-refractivity contribution in [1.29, 1.82) is 0 Å². The van der Waals surface area contributed by atoms with Gasteiger partial charge in [0.1, 0.15) is 5.75 Å². The number of thiocarbonyl (C=S) groups is 1. The van der Waals surface area contributed by atoms with Crippen molar-refractivity contribution in [2.45, 2.75) is 0 Å². The Morgan fingerprint density at radius 3 is 1.93 bits per heavy atom. The van der Waals surface area contributed by atoms with Crippen molar-refractivity contribution >= 4 is 50.8 Å². The molecular formula is C22H20N4O3S. The zero-order valence-electron chi connectivity index (χ0n) is 16.7. The second-order valence-electron chi connectivity index (χ2n) is 6.43. The van der Waals surface area contributed by atoms with Crippen LogP contribution < -0.4 is 24.8 Å². The molecule has 0 saturated carbocycles. The number of nitrogens with zero attached hydrogens (tertiary/aromatic N) is 2. The third-order valence-corrected chi connectivity index (χ3v) is 4.73. The van der Waals surface area contributed by atoms with Gasteiger partial charge in [-0.15, -0.1) is 0 Å². The van der Waals surface area contributed by atoms with Crippen LogP contribution in [0.2, 0.25) is 0 Å². The predicted octanol–water partition coefficient (Wildman–Crippen LogP) is 4.62. The molecule has 2 N–H and O–H groups in total. The molecule has 4 aromatic rings. The largest absolute Gasteiger partial charge is 0.497 e. The number of nitrogens with one attached hydrogen (secondary N) is 2. The van der Waals surface area contributed by atoms with Crippen molar-refractivity contribution in [1.82, 2.24) is 9.97 Å². The summed E-state index contributed by atoms with van der Waals surface area (Å²) >= 11 is 5.43. The Balaban J connectivity index is 1.60. The van der Waals surface area contributed by atoms with Crippen LogP contribution >= 0.6 is 12.2 Å². The SMILES string of the molecule is COc1cccc(NC(=S)Nc2ccc3nc4cc(OC)c(OC)cc4nc3c2)c1. The van der Waals surface area contributed by atoms with Crippen LogP contribution in [0.15, 0.2) is 54.6 Å². The second kappa shape index (κ2) is 8.38. The van der Waals surface area contributed by atoms with Gasteiger partial charge in [-0.3, -0.25) is 0 Å². The van der Waals surface area contributed by atoms with Gasteiger partial charge in [-0.2, -0.15) is 0 Å². The summed E-state index contributed by atoms with van der Waals surface area (Å²) in [6, 6.07) is 16.9. The van der Waals surface area contributed by atoms with E-state index in [4.69, 9.17) is 31.4 Å². The lowest BCUT2D eigenvalue weighted by molar-refractivity contribution is 0.355. The topological polar surface area (TPSA) is 77.5 Å². The van der Waals surface area contributed by atoms with Gasteiger partial charge in [0.05, 0.1) is 43.4 Å². The molecule has 0 unspecified atom stereocenters. The van der Waals surface area contributed by atoms with Gasteiger partial charge in [0.2, 0.25) is 0 Å². The molecule has 0 radical (unpaired) electrons. The first-order valence-electron chi connectivity index (χ1n) is 9.15. The molecule has 7 nitrogen and oxygen atoms in total. The van der Waals surface area contributed by atoms with Crippen molar-refractivity contribution < 1.29 is 14.2 Å². The zero-order valence-corrected chi connectivity index (χ0v) is 17.5. The van der Waals surface area contributed by atoms with E-state index in [1.165, 1.54) is 0 Å². The number of anilines is 2. The van der Waals surface area contributed by atoms with Gasteiger partial charge in [0.25, 0.3) is 0 Å². The lowest BCUT2D eigenvalue weighted by Gasteiger charge is -2.12. The maximum absolute atomic E-state index is 5.43. The second-order valence-corrected chi connectivity index (χ2v) is 6.84. The van der Waals surface area contributed by atoms with Crippen LogP contribution in [0.25, 0.3) is 22.1 Å². The van der Waals surface area contributed by atoms with Crippen molar-refractivity contribution in [2.24, 2.45) is 0 Å². The van der Waals surface area contributed by atoms with E-state index in [1.807, 2.05) is 54.6 Å². The van der Waals surface area contributed by atoms with Crippen molar-refractivity contribution in [3.8, 4) is 17.2 Å². The average molecular weight is 420 g/mol. The highest BCUT2D eigenvalue weighted by Crippen LogP contribution is 2.31. The Morgan fingerprint density at radius 2 is 1.30 bits per heavy atom. The summed E-state index contributed by atoms with van der Waals surface area (Å²) in [7, 11) is 4.82. The van der Waals surface area contributed by atoms with E-state index in [2.05, 4.69) is 15.6 Å². The highest BCUT2D eigenvalue weighted by atomic mass is 32.1. The van der Waals surface area contributed by atoms with Crippen LogP contribution in [-0.2, 0) is 0 Å². The molecule has 0 aliphatic rings. The first-order valence-corrected chi connectivity index (χ1v) is 9.56. The minimum absolute atomic E-state index is 0.461. The van der Waals surface area contributed by atoms with E-state index in [-0.39, 0.29) is 0 Å². The van der Waals surface area contributed by atoms with Crippen LogP contribution in [0.3, 0.4) is 0 Å². The number of hydrogen-bond acceptors (Lipinski definition) is 6. The summed E-state index contributed by atoms with van der Waals surface area (Å²) in [6.45, 7) is 0. The lowest BCUT2D eigenvalue weighted by Crippen LogP contribution is -2.19. The monoisotopic (exact) mass is 420 g/mol. The Bertz CT molecular complexity index is 1250. The Morgan fingerprint density at radius 1 is 0.700 bits per heavy atom. The van der Waals surface area contributed by atoms with Gasteiger partial charge < -0.3 is 24.8 Å². The van der Waals surface area contributed by atoms with E-state index in [1.54, 1.807) is 21.3 Å². The predicted molar refractivity (Wildman–Crippen MR) is 123 cm³/mol. The summed E-state index contributed by atoms with van der Waals surface area (Å²) in [5.41, 5.74) is 4.60. The van der Waals surface area contributed by atoms with Crippen LogP contribution in [0, 0.1) is 0 Å². The number of hydrogen-bond donors (Lipinski definition) is 2. The van der Waals surface area contributed by atoms with Gasteiger partial charge in [-0.1, -0.05) is 6.07 Å². The maximum Gasteiger partial charge on any atom is 0.175 e. The molecule has 30 heavy (non-hydrogen) atoms. The van der Waals surface area contributed by atoms with Gasteiger partial charge in [-0.25, -0.2) is 9.97 Å². The van der Waals surface area contributed by atoms with E-state index >= 15 is 0 Å². The fourth-order valence-electron chi connectivity index (χ4n) is 3.08. The van der Waals surface area contributed by atoms with Gasteiger partial charge in [0, 0.05) is 29.6 Å². The van der Waals surface area contributed by atoms with Gasteiger partial charge in [-0.05, 0) is 42.5 Å². The standard InChI is InChI=1S/C22H20N4O3S/c1-27-15-6-4-5-13(9-15)23-22(30)24-14-7-8-16-17(10-14)26-19-12-21(29-3)20(28-2)11-18(19)25-16/h4-12H,1-3H3,(H2,23,24,30). The van der Waals surface area contributed by atoms with Crippen LogP contribution in [0.5, 0.6) is 17.2 Å². The number of fused-ring (bicyclic) bond motifs is 2. The Labute approximate surface area is 179 Å². The fraction of sp³-hybridized carbons (Fsp3) is 0.136. The van der Waals surface area contributed by atoms with Gasteiger partial charge >= 0.3 is 0 Å². The molecule has 0 amide bonds. The molecule has 0 aliphatic carbocycles. The number of aromatic nitrogens is 2. The van der Waals surface area contributed by atoms with Crippen molar-refractivity contribution in [2.75, 3.05) is 32.0 Å². The smallest absolute Gasteiger partial charge is 0.175 e. The molecule has 0 saturated heterocycles. The lowest BCUT2D eigenvalue weighted by atomic mass is 10.2. The summed E-state index contributed by atoms with van der Waals surface area (Å²) in [5.74, 6) is 1.98. The first kappa shape index (κ1) is 19.7. The van der Waals surface area contributed by atoms with E-state index in [9.17, 15) is 0 Å². The quantitative estimate of drug-likeness (QED) is 0.358. The molecule has 0 aliphatic heterocycles. The zero-order chi connectivity index (χ0) is 21.1. The van der Waals surface area contributed by atoms with Crippen LogP contribution in [0.1, 0.15) is 0 Å². The van der Waals surface area contributed by atoms with Gasteiger partial charge in [0.15, 0.2) is 16.6 Å². The molecule has 152 valence electrons. The first-order chi connectivity index (χ1) is 14.6. The molecule has 0 spiro atoms. The average Bonchev–Trinajstić information content (AvgIpc) is 2.76. The van der Waals surface area contributed by atoms with Crippen molar-refractivity contribution in [3.05, 3.63) is 54.6 Å². The summed E-state index contributed by atoms with van der Waals surface area (Å²) in [4.78, 5) is 9.40. The number of ether oxygens (including phenoxy) is 3. The molecule has 0 fully saturated rings. The Hall–Kier alpha value is -3.65.